The zero-order valence-electron chi connectivity index (χ0n) is 8.47. The molecule has 82 valence electrons. The van der Waals surface area contributed by atoms with E-state index in [4.69, 9.17) is 5.11 Å². The van der Waals surface area contributed by atoms with E-state index in [-0.39, 0.29) is 12.6 Å². The molecule has 1 rings (SSSR count). The molecule has 0 aromatic rings. The number of carbonyl (C=O) groups is 1. The molecule has 1 heterocycles. The van der Waals surface area contributed by atoms with Crippen LogP contribution >= 0.6 is 0 Å². The molecule has 14 heavy (non-hydrogen) atoms. The Labute approximate surface area is 86.3 Å². The second-order valence-electron chi connectivity index (χ2n) is 3.63. The van der Waals surface area contributed by atoms with Crippen molar-refractivity contribution in [3.05, 3.63) is 0 Å². The van der Waals surface area contributed by atoms with E-state index in [0.29, 0.717) is 19.0 Å². The third-order valence-corrected chi connectivity index (χ3v) is 3.84. The number of nitrogens with zero attached hydrogens (tertiary/aromatic N) is 2. The normalized spacial score (nSPS) is 25.5. The van der Waals surface area contributed by atoms with Crippen LogP contribution in [0.1, 0.15) is 13.8 Å². The lowest BCUT2D eigenvalue weighted by Gasteiger charge is -2.34. The Kier molecular flexibility index (Phi) is 4.03. The second kappa shape index (κ2) is 4.86. The summed E-state index contributed by atoms with van der Waals surface area (Å²) < 4.78 is 13.5. The minimum Gasteiger partial charge on any atom is -0.480 e. The van der Waals surface area contributed by atoms with Gasteiger partial charge in [-0.15, -0.1) is 0 Å². The fraction of sp³-hybridized carbons (Fsp3) is 0.875. The van der Waals surface area contributed by atoms with Crippen molar-refractivity contribution >= 4 is 17.0 Å². The lowest BCUT2D eigenvalue weighted by atomic mass is 10.4. The van der Waals surface area contributed by atoms with E-state index in [1.165, 1.54) is 0 Å². The molecule has 1 unspecified atom stereocenters. The smallest absolute Gasteiger partial charge is 0.317 e. The molecular weight excluding hydrogens is 204 g/mol. The number of hydrogen-bond acceptors (Lipinski definition) is 3. The summed E-state index contributed by atoms with van der Waals surface area (Å²) in [4.78, 5) is 12.1. The van der Waals surface area contributed by atoms with Crippen LogP contribution in [-0.2, 0) is 15.8 Å². The summed E-state index contributed by atoms with van der Waals surface area (Å²) in [5, 5.41) is 8.57. The molecule has 0 bridgehead atoms. The third-order valence-electron chi connectivity index (χ3n) is 2.13. The molecular formula is C8H16N2O3S. The van der Waals surface area contributed by atoms with Gasteiger partial charge in [0.1, 0.15) is 11.0 Å². The highest BCUT2D eigenvalue weighted by atomic mass is 32.2. The second-order valence-corrected chi connectivity index (χ2v) is 5.00. The molecule has 1 N–H and O–H groups in total. The Bertz CT molecular complexity index is 245. The van der Waals surface area contributed by atoms with Crippen LogP contribution in [-0.4, -0.2) is 56.0 Å². The molecule has 0 aromatic carbocycles. The largest absolute Gasteiger partial charge is 0.480 e. The maximum Gasteiger partial charge on any atom is 0.317 e. The van der Waals surface area contributed by atoms with Crippen molar-refractivity contribution in [1.82, 2.24) is 9.21 Å². The van der Waals surface area contributed by atoms with Crippen LogP contribution in [0.25, 0.3) is 0 Å². The van der Waals surface area contributed by atoms with Crippen molar-refractivity contribution < 1.29 is 14.1 Å². The van der Waals surface area contributed by atoms with Gasteiger partial charge in [0.25, 0.3) is 0 Å². The monoisotopic (exact) mass is 220 g/mol. The fourth-order valence-electron chi connectivity index (χ4n) is 1.45. The summed E-state index contributed by atoms with van der Waals surface area (Å²) in [6.07, 6.45) is 0. The molecule has 0 aromatic heterocycles. The van der Waals surface area contributed by atoms with Crippen LogP contribution in [0.5, 0.6) is 0 Å². The summed E-state index contributed by atoms with van der Waals surface area (Å²) in [5.41, 5.74) is 0. The highest BCUT2D eigenvalue weighted by molar-refractivity contribution is 7.82. The molecule has 1 saturated heterocycles. The van der Waals surface area contributed by atoms with Gasteiger partial charge in [0.15, 0.2) is 0 Å². The number of rotatable bonds is 3. The summed E-state index contributed by atoms with van der Waals surface area (Å²) in [7, 11) is -1.06. The van der Waals surface area contributed by atoms with Gasteiger partial charge in [-0.05, 0) is 13.8 Å². The summed E-state index contributed by atoms with van der Waals surface area (Å²) >= 11 is 0. The zero-order valence-corrected chi connectivity index (χ0v) is 9.29. The Morgan fingerprint density at radius 1 is 1.50 bits per heavy atom. The maximum absolute atomic E-state index is 11.6. The van der Waals surface area contributed by atoms with Gasteiger partial charge < -0.3 is 5.11 Å². The SMILES string of the molecule is CC(C)N1CCN(CC(=O)O)CS1=O. The van der Waals surface area contributed by atoms with E-state index in [9.17, 15) is 9.00 Å². The third kappa shape index (κ3) is 3.04. The molecule has 1 atom stereocenters. The molecule has 0 radical (unpaired) electrons. The van der Waals surface area contributed by atoms with Crippen molar-refractivity contribution in [1.29, 1.82) is 0 Å². The first kappa shape index (κ1) is 11.6. The van der Waals surface area contributed by atoms with E-state index in [1.807, 2.05) is 18.2 Å². The predicted octanol–water partition coefficient (Wildman–Crippen LogP) is -0.282. The minimum atomic E-state index is -1.06. The Morgan fingerprint density at radius 2 is 2.14 bits per heavy atom. The zero-order chi connectivity index (χ0) is 10.7. The van der Waals surface area contributed by atoms with Crippen LogP contribution in [0.2, 0.25) is 0 Å². The Balaban J connectivity index is 2.47. The highest BCUT2D eigenvalue weighted by Crippen LogP contribution is 2.10. The van der Waals surface area contributed by atoms with E-state index >= 15 is 0 Å². The van der Waals surface area contributed by atoms with Crippen molar-refractivity contribution in [2.24, 2.45) is 0 Å². The predicted molar refractivity (Wildman–Crippen MR) is 54.1 cm³/mol. The van der Waals surface area contributed by atoms with Crippen molar-refractivity contribution in [3.63, 3.8) is 0 Å². The molecule has 6 heteroatoms. The van der Waals surface area contributed by atoms with Gasteiger partial charge in [0, 0.05) is 19.1 Å². The van der Waals surface area contributed by atoms with Gasteiger partial charge in [0.05, 0.1) is 12.4 Å². The quantitative estimate of drug-likeness (QED) is 0.710. The Morgan fingerprint density at radius 3 is 2.57 bits per heavy atom. The van der Waals surface area contributed by atoms with Crippen LogP contribution in [0, 0.1) is 0 Å². The number of hydrogen-bond donors (Lipinski definition) is 1. The summed E-state index contributed by atoms with van der Waals surface area (Å²) in [5.74, 6) is -0.523. The van der Waals surface area contributed by atoms with Crippen LogP contribution in [0.15, 0.2) is 0 Å². The molecule has 0 spiro atoms. The van der Waals surface area contributed by atoms with Gasteiger partial charge >= 0.3 is 5.97 Å². The Hall–Kier alpha value is -0.460. The van der Waals surface area contributed by atoms with Gasteiger partial charge in [-0.1, -0.05) is 0 Å². The lowest BCUT2D eigenvalue weighted by Crippen LogP contribution is -2.50. The van der Waals surface area contributed by atoms with Crippen molar-refractivity contribution in [2.45, 2.75) is 19.9 Å². The molecule has 0 amide bonds. The summed E-state index contributed by atoms with van der Waals surface area (Å²) in [6, 6.07) is 0.253. The first-order valence-corrected chi connectivity index (χ1v) is 5.87. The molecule has 1 aliphatic rings. The van der Waals surface area contributed by atoms with Gasteiger partial charge in [-0.25, -0.2) is 8.51 Å². The fourth-order valence-corrected chi connectivity index (χ4v) is 2.88. The van der Waals surface area contributed by atoms with E-state index < -0.39 is 17.0 Å². The standard InChI is InChI=1S/C8H16N2O3S/c1-7(2)10-4-3-9(5-8(11)12)6-14(10)13/h7H,3-6H2,1-2H3,(H,11,12). The maximum atomic E-state index is 11.6. The number of carboxylic acid groups (broad SMARTS) is 1. The van der Waals surface area contributed by atoms with Crippen molar-refractivity contribution in [2.75, 3.05) is 25.5 Å². The minimum absolute atomic E-state index is 0.0162. The number of carboxylic acids is 1. The van der Waals surface area contributed by atoms with Gasteiger partial charge in [-0.3, -0.25) is 9.69 Å². The van der Waals surface area contributed by atoms with E-state index in [2.05, 4.69) is 0 Å². The number of aliphatic carboxylic acids is 1. The van der Waals surface area contributed by atoms with E-state index in [0.717, 1.165) is 0 Å². The average molecular weight is 220 g/mol. The van der Waals surface area contributed by atoms with Crippen molar-refractivity contribution in [3.8, 4) is 0 Å². The highest BCUT2D eigenvalue weighted by Gasteiger charge is 2.26. The van der Waals surface area contributed by atoms with Crippen LogP contribution in [0.3, 0.4) is 0 Å². The molecule has 1 fully saturated rings. The van der Waals surface area contributed by atoms with Gasteiger partial charge in [-0.2, -0.15) is 0 Å². The molecule has 0 saturated carbocycles. The van der Waals surface area contributed by atoms with Crippen LogP contribution < -0.4 is 0 Å². The topological polar surface area (TPSA) is 60.9 Å². The molecule has 5 nitrogen and oxygen atoms in total. The lowest BCUT2D eigenvalue weighted by molar-refractivity contribution is -0.138. The van der Waals surface area contributed by atoms with Gasteiger partial charge in [0.2, 0.25) is 0 Å². The molecule has 0 aliphatic carbocycles. The first-order chi connectivity index (χ1) is 6.50. The first-order valence-electron chi connectivity index (χ1n) is 4.60. The average Bonchev–Trinajstić information content (AvgIpc) is 2.01. The van der Waals surface area contributed by atoms with Crippen LogP contribution in [0.4, 0.5) is 0 Å². The van der Waals surface area contributed by atoms with E-state index in [1.54, 1.807) is 4.90 Å². The molecule has 1 aliphatic heterocycles. The summed E-state index contributed by atoms with van der Waals surface area (Å²) in [6.45, 7) is 5.32.